The number of Topliss-reactive ketones (excluding diaryl/α,β-unsaturated/α-hetero) is 1. The number of carbonyl (C=O) groups is 4. The number of hydrogen-bond acceptors (Lipinski definition) is 7. The lowest BCUT2D eigenvalue weighted by Gasteiger charge is -2.35. The highest BCUT2D eigenvalue weighted by Gasteiger charge is 2.41. The van der Waals surface area contributed by atoms with Gasteiger partial charge in [0.15, 0.2) is 5.78 Å². The van der Waals surface area contributed by atoms with Crippen molar-refractivity contribution >= 4 is 46.3 Å². The van der Waals surface area contributed by atoms with Gasteiger partial charge in [-0.05, 0) is 47.7 Å². The minimum atomic E-state index is -1.08. The number of carboxylic acids is 1. The number of esters is 1. The van der Waals surface area contributed by atoms with Crippen LogP contribution < -0.4 is 10.2 Å². The molecule has 0 spiro atoms. The summed E-state index contributed by atoms with van der Waals surface area (Å²) in [5, 5.41) is 14.7. The van der Waals surface area contributed by atoms with Crippen LogP contribution in [0.1, 0.15) is 58.4 Å². The average Bonchev–Trinajstić information content (AvgIpc) is 3.41. The zero-order chi connectivity index (χ0) is 26.8. The van der Waals surface area contributed by atoms with Crippen LogP contribution in [0, 0.1) is 0 Å². The number of allylic oxidation sites excluding steroid dienone is 1. The molecular weight excluding hydrogens is 504 g/mol. The summed E-state index contributed by atoms with van der Waals surface area (Å²) in [5.41, 5.74) is 3.41. The number of fused-ring (bicyclic) bond motifs is 1. The lowest BCUT2D eigenvalue weighted by atomic mass is 9.80. The molecule has 8 nitrogen and oxygen atoms in total. The fourth-order valence-electron chi connectivity index (χ4n) is 5.16. The predicted molar refractivity (Wildman–Crippen MR) is 143 cm³/mol. The number of benzene rings is 2. The Bertz CT molecular complexity index is 1430. The third-order valence-corrected chi connectivity index (χ3v) is 7.94. The number of nitrogens with zero attached hydrogens (tertiary/aromatic N) is 1. The van der Waals surface area contributed by atoms with Crippen molar-refractivity contribution in [2.75, 3.05) is 17.3 Å². The number of thiophene rings is 1. The van der Waals surface area contributed by atoms with Crippen molar-refractivity contribution in [1.82, 2.24) is 0 Å². The zero-order valence-corrected chi connectivity index (χ0v) is 21.5. The summed E-state index contributed by atoms with van der Waals surface area (Å²) in [6, 6.07) is 17.1. The van der Waals surface area contributed by atoms with Gasteiger partial charge in [-0.15, -0.1) is 11.3 Å². The molecule has 2 aliphatic rings. The van der Waals surface area contributed by atoms with Crippen LogP contribution in [0.2, 0.25) is 0 Å². The van der Waals surface area contributed by atoms with Gasteiger partial charge < -0.3 is 15.2 Å². The van der Waals surface area contributed by atoms with E-state index in [1.54, 1.807) is 47.7 Å². The molecule has 0 bridgehead atoms. The lowest BCUT2D eigenvalue weighted by Crippen LogP contribution is -2.38. The Morgan fingerprint density at radius 3 is 2.47 bits per heavy atom. The highest BCUT2D eigenvalue weighted by atomic mass is 32.1. The molecule has 0 fully saturated rings. The van der Waals surface area contributed by atoms with Gasteiger partial charge in [0, 0.05) is 34.9 Å². The molecule has 1 amide bonds. The number of ketones is 1. The Morgan fingerprint density at radius 1 is 1.03 bits per heavy atom. The van der Waals surface area contributed by atoms with Gasteiger partial charge >= 0.3 is 11.9 Å². The fourth-order valence-corrected chi connectivity index (χ4v) is 5.99. The van der Waals surface area contributed by atoms with Crippen LogP contribution in [0.15, 0.2) is 77.3 Å². The van der Waals surface area contributed by atoms with Gasteiger partial charge in [0.25, 0.3) is 0 Å². The number of amides is 1. The molecule has 2 atom stereocenters. The lowest BCUT2D eigenvalue weighted by molar-refractivity contribution is -0.138. The van der Waals surface area contributed by atoms with Crippen molar-refractivity contribution in [3.05, 3.63) is 93.3 Å². The second-order valence-electron chi connectivity index (χ2n) is 9.25. The normalized spacial score (nSPS) is 18.7. The molecule has 38 heavy (non-hydrogen) atoms. The van der Waals surface area contributed by atoms with Crippen molar-refractivity contribution < 1.29 is 29.0 Å². The molecular formula is C29H26N2O6S. The van der Waals surface area contributed by atoms with E-state index in [2.05, 4.69) is 5.32 Å². The number of anilines is 2. The summed E-state index contributed by atoms with van der Waals surface area (Å²) >= 11 is 1.61. The predicted octanol–water partition coefficient (Wildman–Crippen LogP) is 5.30. The Kier molecular flexibility index (Phi) is 7.11. The average molecular weight is 531 g/mol. The number of nitrogens with one attached hydrogen (secondary N) is 1. The van der Waals surface area contributed by atoms with E-state index in [1.165, 1.54) is 12.0 Å². The third-order valence-electron chi connectivity index (χ3n) is 6.90. The summed E-state index contributed by atoms with van der Waals surface area (Å²) in [4.78, 5) is 53.6. The largest absolute Gasteiger partial charge is 0.481 e. The van der Waals surface area contributed by atoms with E-state index in [4.69, 9.17) is 4.74 Å². The number of methoxy groups -OCH3 is 1. The first-order valence-corrected chi connectivity index (χ1v) is 13.1. The molecule has 2 N–H and O–H groups in total. The summed E-state index contributed by atoms with van der Waals surface area (Å²) < 4.78 is 4.82. The Morgan fingerprint density at radius 2 is 1.79 bits per heavy atom. The first-order valence-electron chi connectivity index (χ1n) is 12.2. The molecule has 0 unspecified atom stereocenters. The molecule has 9 heteroatoms. The second kappa shape index (κ2) is 10.6. The number of hydrogen-bond donors (Lipinski definition) is 2. The number of ether oxygens (including phenoxy) is 1. The first-order chi connectivity index (χ1) is 18.4. The molecule has 5 rings (SSSR count). The van der Waals surface area contributed by atoms with Crippen molar-refractivity contribution in [3.63, 3.8) is 0 Å². The number of rotatable bonds is 6. The second-order valence-corrected chi connectivity index (χ2v) is 10.2. The standard InChI is InChI=1S/C29H26N2O6S/c1-37-29(36)18-10-8-17(9-11-18)28-27-21(15-19(16-23(27)32)24-7-4-14-38-24)30-20-5-2-3-6-22(20)31(28)25(33)12-13-26(34)35/h2-11,14,19,28,30H,12-13,15-16H2,1H3,(H,34,35)/t19-,28+/m1/s1. The number of aliphatic carboxylic acids is 1. The molecule has 2 heterocycles. The molecule has 1 aliphatic heterocycles. The maximum Gasteiger partial charge on any atom is 0.337 e. The number of para-hydroxylation sites is 2. The molecule has 2 aromatic carbocycles. The van der Waals surface area contributed by atoms with Crippen molar-refractivity contribution in [3.8, 4) is 0 Å². The van der Waals surface area contributed by atoms with Crippen molar-refractivity contribution in [2.45, 2.75) is 37.6 Å². The minimum Gasteiger partial charge on any atom is -0.481 e. The monoisotopic (exact) mass is 530 g/mol. The van der Waals surface area contributed by atoms with Gasteiger partial charge in [-0.3, -0.25) is 19.3 Å². The molecule has 1 aliphatic carbocycles. The van der Waals surface area contributed by atoms with E-state index in [0.29, 0.717) is 40.9 Å². The van der Waals surface area contributed by atoms with E-state index in [9.17, 15) is 24.3 Å². The van der Waals surface area contributed by atoms with Gasteiger partial charge in [-0.1, -0.05) is 30.3 Å². The van der Waals surface area contributed by atoms with E-state index in [1.807, 2.05) is 29.6 Å². The number of carbonyl (C=O) groups excluding carboxylic acids is 3. The van der Waals surface area contributed by atoms with Gasteiger partial charge in [-0.25, -0.2) is 4.79 Å². The van der Waals surface area contributed by atoms with Crippen molar-refractivity contribution in [2.24, 2.45) is 0 Å². The van der Waals surface area contributed by atoms with Gasteiger partial charge in [-0.2, -0.15) is 0 Å². The molecule has 3 aromatic rings. The third kappa shape index (κ3) is 4.84. The van der Waals surface area contributed by atoms with E-state index in [-0.39, 0.29) is 24.5 Å². The quantitative estimate of drug-likeness (QED) is 0.416. The molecule has 0 saturated carbocycles. The molecule has 0 radical (unpaired) electrons. The summed E-state index contributed by atoms with van der Waals surface area (Å²) in [6.07, 6.45) is 0.323. The Balaban J connectivity index is 1.68. The highest BCUT2D eigenvalue weighted by molar-refractivity contribution is 7.10. The van der Waals surface area contributed by atoms with Crippen LogP contribution in [0.4, 0.5) is 11.4 Å². The molecule has 0 saturated heterocycles. The van der Waals surface area contributed by atoms with Crippen LogP contribution >= 0.6 is 11.3 Å². The maximum atomic E-state index is 13.9. The molecule has 1 aromatic heterocycles. The topological polar surface area (TPSA) is 113 Å². The summed E-state index contributed by atoms with van der Waals surface area (Å²) in [7, 11) is 1.30. The Hall–Kier alpha value is -4.24. The first kappa shape index (κ1) is 25.4. The van der Waals surface area contributed by atoms with Gasteiger partial charge in [0.1, 0.15) is 0 Å². The van der Waals surface area contributed by atoms with Crippen molar-refractivity contribution in [1.29, 1.82) is 0 Å². The van der Waals surface area contributed by atoms with E-state index < -0.39 is 23.9 Å². The number of carboxylic acid groups (broad SMARTS) is 1. The SMILES string of the molecule is COC(=O)c1ccc([C@H]2C3=C(C[C@@H](c4cccs4)CC3=O)Nc3ccccc3N2C(=O)CCC(=O)O)cc1. The van der Waals surface area contributed by atoms with Crippen LogP contribution in [0.25, 0.3) is 0 Å². The van der Waals surface area contributed by atoms with E-state index in [0.717, 1.165) is 10.6 Å². The Labute approximate surface area is 223 Å². The van der Waals surface area contributed by atoms with Gasteiger partial charge in [0.2, 0.25) is 5.91 Å². The summed E-state index contributed by atoms with van der Waals surface area (Å²) in [6.45, 7) is 0. The maximum absolute atomic E-state index is 13.9. The van der Waals surface area contributed by atoms with Crippen LogP contribution in [-0.4, -0.2) is 35.8 Å². The molecule has 194 valence electrons. The zero-order valence-electron chi connectivity index (χ0n) is 20.7. The smallest absolute Gasteiger partial charge is 0.337 e. The van der Waals surface area contributed by atoms with Gasteiger partial charge in [0.05, 0.1) is 36.5 Å². The van der Waals surface area contributed by atoms with Crippen LogP contribution in [0.3, 0.4) is 0 Å². The summed E-state index contributed by atoms with van der Waals surface area (Å²) in [5.74, 6) is -2.05. The van der Waals surface area contributed by atoms with Crippen LogP contribution in [0.5, 0.6) is 0 Å². The van der Waals surface area contributed by atoms with E-state index >= 15 is 0 Å². The highest BCUT2D eigenvalue weighted by Crippen LogP contribution is 2.48. The fraction of sp³-hybridized carbons (Fsp3) is 0.241. The van der Waals surface area contributed by atoms with Crippen LogP contribution in [-0.2, 0) is 19.1 Å². The minimum absolute atomic E-state index is 0.0116.